The van der Waals surface area contributed by atoms with Gasteiger partial charge in [0.05, 0.1) is 19.8 Å². The van der Waals surface area contributed by atoms with Gasteiger partial charge < -0.3 is 9.84 Å². The molecule has 1 aliphatic carbocycles. The number of hydrogen-bond donors (Lipinski definition) is 1. The summed E-state index contributed by atoms with van der Waals surface area (Å²) in [6.07, 6.45) is 3.37. The lowest BCUT2D eigenvalue weighted by molar-refractivity contribution is -0.109. The zero-order valence-electron chi connectivity index (χ0n) is 9.74. The molecule has 17 heavy (non-hydrogen) atoms. The maximum Gasteiger partial charge on any atom is 0.175 e. The number of hydrogen-bond acceptors (Lipinski definition) is 3. The molecule has 3 heteroatoms. The van der Waals surface area contributed by atoms with E-state index in [1.165, 1.54) is 17.5 Å². The monoisotopic (exact) mass is 232 g/mol. The Morgan fingerprint density at radius 1 is 1.29 bits per heavy atom. The Balaban J connectivity index is 1.91. The predicted octanol–water partition coefficient (Wildman–Crippen LogP) is 1.37. The maximum absolute atomic E-state index is 12.3. The quantitative estimate of drug-likeness (QED) is 0.801. The fraction of sp³-hybridized carbons (Fsp3) is 0.500. The van der Waals surface area contributed by atoms with Crippen LogP contribution < -0.4 is 0 Å². The molecule has 0 saturated carbocycles. The van der Waals surface area contributed by atoms with Crippen LogP contribution in [0.4, 0.5) is 0 Å². The lowest BCUT2D eigenvalue weighted by atomic mass is 9.79. The third kappa shape index (κ3) is 1.61. The van der Waals surface area contributed by atoms with Crippen molar-refractivity contribution in [3.63, 3.8) is 0 Å². The number of benzene rings is 1. The van der Waals surface area contributed by atoms with Crippen LogP contribution in [0.15, 0.2) is 18.2 Å². The largest absolute Gasteiger partial charge is 0.395 e. The van der Waals surface area contributed by atoms with Crippen LogP contribution in [0.2, 0.25) is 0 Å². The molecule has 0 bridgehead atoms. The molecule has 1 fully saturated rings. The summed E-state index contributed by atoms with van der Waals surface area (Å²) in [7, 11) is 0. The molecule has 3 nitrogen and oxygen atoms in total. The number of fused-ring (bicyclic) bond motifs is 1. The average molecular weight is 232 g/mol. The van der Waals surface area contributed by atoms with Gasteiger partial charge in [-0.2, -0.15) is 0 Å². The number of carbonyl (C=O) groups excluding carboxylic acids is 1. The van der Waals surface area contributed by atoms with E-state index < -0.39 is 5.41 Å². The van der Waals surface area contributed by atoms with Crippen molar-refractivity contribution >= 4 is 5.78 Å². The van der Waals surface area contributed by atoms with E-state index in [0.717, 1.165) is 18.4 Å². The first-order chi connectivity index (χ1) is 8.25. The molecule has 1 aromatic carbocycles. The van der Waals surface area contributed by atoms with Gasteiger partial charge in [-0.15, -0.1) is 0 Å². The lowest BCUT2D eigenvalue weighted by Gasteiger charge is -2.38. The van der Waals surface area contributed by atoms with Crippen molar-refractivity contribution in [3.8, 4) is 0 Å². The number of carbonyl (C=O) groups is 1. The molecule has 0 aromatic heterocycles. The first-order valence-electron chi connectivity index (χ1n) is 6.10. The van der Waals surface area contributed by atoms with Gasteiger partial charge in [-0.05, 0) is 36.5 Å². The number of Topliss-reactive ketones (excluding diaryl/α,β-unsaturated/α-hetero) is 1. The van der Waals surface area contributed by atoms with Gasteiger partial charge in [0.25, 0.3) is 0 Å². The highest BCUT2D eigenvalue weighted by Gasteiger charge is 2.45. The van der Waals surface area contributed by atoms with Crippen LogP contribution in [0.3, 0.4) is 0 Å². The first kappa shape index (κ1) is 10.9. The second-order valence-electron chi connectivity index (χ2n) is 5.10. The summed E-state index contributed by atoms with van der Waals surface area (Å²) in [4.78, 5) is 12.3. The van der Waals surface area contributed by atoms with Crippen molar-refractivity contribution in [2.24, 2.45) is 5.41 Å². The van der Waals surface area contributed by atoms with Crippen LogP contribution in [-0.2, 0) is 17.6 Å². The molecule has 0 amide bonds. The first-order valence-corrected chi connectivity index (χ1v) is 6.10. The zero-order chi connectivity index (χ0) is 11.9. The molecule has 1 N–H and O–H groups in total. The van der Waals surface area contributed by atoms with E-state index in [2.05, 4.69) is 6.07 Å². The third-order valence-electron chi connectivity index (χ3n) is 3.90. The Kier molecular flexibility index (Phi) is 2.53. The number of aryl methyl sites for hydroxylation is 2. The minimum Gasteiger partial charge on any atom is -0.395 e. The molecule has 1 heterocycles. The van der Waals surface area contributed by atoms with Crippen LogP contribution >= 0.6 is 0 Å². The molecular formula is C14H16O3. The van der Waals surface area contributed by atoms with E-state index in [0.29, 0.717) is 13.2 Å². The van der Waals surface area contributed by atoms with Gasteiger partial charge in [-0.3, -0.25) is 4.79 Å². The van der Waals surface area contributed by atoms with Gasteiger partial charge in [0.2, 0.25) is 0 Å². The number of aliphatic hydroxyl groups is 1. The zero-order valence-corrected chi connectivity index (χ0v) is 9.74. The molecule has 0 unspecified atom stereocenters. The summed E-state index contributed by atoms with van der Waals surface area (Å²) in [5, 5.41) is 9.36. The Morgan fingerprint density at radius 3 is 2.71 bits per heavy atom. The Labute approximate surface area is 100 Å². The third-order valence-corrected chi connectivity index (χ3v) is 3.90. The summed E-state index contributed by atoms with van der Waals surface area (Å²) in [6.45, 7) is 0.571. The highest BCUT2D eigenvalue weighted by atomic mass is 16.5. The fourth-order valence-corrected chi connectivity index (χ4v) is 2.66. The van der Waals surface area contributed by atoms with E-state index in [-0.39, 0.29) is 12.4 Å². The van der Waals surface area contributed by atoms with Crippen molar-refractivity contribution in [2.75, 3.05) is 19.8 Å². The Morgan fingerprint density at radius 2 is 2.06 bits per heavy atom. The van der Waals surface area contributed by atoms with Crippen LogP contribution in [0.25, 0.3) is 0 Å². The SMILES string of the molecule is O=C(c1ccc2c(c1)CCC2)C1(CO)COC1. The minimum atomic E-state index is -0.674. The van der Waals surface area contributed by atoms with Crippen LogP contribution in [-0.4, -0.2) is 30.7 Å². The van der Waals surface area contributed by atoms with Crippen molar-refractivity contribution in [2.45, 2.75) is 19.3 Å². The van der Waals surface area contributed by atoms with Crippen LogP contribution in [0.1, 0.15) is 27.9 Å². The summed E-state index contributed by atoms with van der Waals surface area (Å²) in [6, 6.07) is 5.95. The molecular weight excluding hydrogens is 216 g/mol. The standard InChI is InChI=1S/C14H16O3/c15-7-14(8-17-9-14)13(16)12-5-4-10-2-1-3-11(10)6-12/h4-6,15H,1-3,7-9H2. The van der Waals surface area contributed by atoms with Crippen molar-refractivity contribution in [1.82, 2.24) is 0 Å². The normalized spacial score (nSPS) is 20.8. The number of ketones is 1. The summed E-state index contributed by atoms with van der Waals surface area (Å²) >= 11 is 0. The summed E-state index contributed by atoms with van der Waals surface area (Å²) < 4.78 is 5.08. The van der Waals surface area contributed by atoms with Gasteiger partial charge in [0.15, 0.2) is 5.78 Å². The second kappa shape index (κ2) is 3.93. The average Bonchev–Trinajstić information content (AvgIpc) is 2.74. The molecule has 2 aliphatic rings. The molecule has 0 atom stereocenters. The predicted molar refractivity (Wildman–Crippen MR) is 63.1 cm³/mol. The smallest absolute Gasteiger partial charge is 0.175 e. The van der Waals surface area contributed by atoms with Crippen LogP contribution in [0.5, 0.6) is 0 Å². The van der Waals surface area contributed by atoms with Crippen LogP contribution in [0, 0.1) is 5.41 Å². The summed E-state index contributed by atoms with van der Waals surface area (Å²) in [5.74, 6) is 0.0287. The number of rotatable bonds is 3. The van der Waals surface area contributed by atoms with Crippen molar-refractivity contribution in [1.29, 1.82) is 0 Å². The molecule has 0 radical (unpaired) electrons. The van der Waals surface area contributed by atoms with Gasteiger partial charge in [0.1, 0.15) is 5.41 Å². The fourth-order valence-electron chi connectivity index (χ4n) is 2.66. The molecule has 3 rings (SSSR count). The van der Waals surface area contributed by atoms with Gasteiger partial charge in [0, 0.05) is 5.56 Å². The highest BCUT2D eigenvalue weighted by Crippen LogP contribution is 2.32. The van der Waals surface area contributed by atoms with E-state index in [4.69, 9.17) is 4.74 Å². The molecule has 0 spiro atoms. The van der Waals surface area contributed by atoms with Gasteiger partial charge in [-0.25, -0.2) is 0 Å². The Bertz CT molecular complexity index is 455. The lowest BCUT2D eigenvalue weighted by Crippen LogP contribution is -2.51. The van der Waals surface area contributed by atoms with Crippen molar-refractivity contribution in [3.05, 3.63) is 34.9 Å². The topological polar surface area (TPSA) is 46.5 Å². The van der Waals surface area contributed by atoms with E-state index >= 15 is 0 Å². The van der Waals surface area contributed by atoms with E-state index in [1.807, 2.05) is 12.1 Å². The molecule has 1 saturated heterocycles. The minimum absolute atomic E-state index is 0.0287. The molecule has 90 valence electrons. The van der Waals surface area contributed by atoms with Gasteiger partial charge >= 0.3 is 0 Å². The number of aliphatic hydroxyl groups excluding tert-OH is 1. The van der Waals surface area contributed by atoms with Gasteiger partial charge in [-0.1, -0.05) is 12.1 Å². The number of ether oxygens (including phenoxy) is 1. The summed E-state index contributed by atoms with van der Waals surface area (Å²) in [5.41, 5.74) is 2.71. The molecule has 1 aromatic rings. The van der Waals surface area contributed by atoms with E-state index in [1.54, 1.807) is 0 Å². The van der Waals surface area contributed by atoms with E-state index in [9.17, 15) is 9.90 Å². The second-order valence-corrected chi connectivity index (χ2v) is 5.10. The van der Waals surface area contributed by atoms with Crippen molar-refractivity contribution < 1.29 is 14.6 Å². The molecule has 1 aliphatic heterocycles. The highest BCUT2D eigenvalue weighted by molar-refractivity contribution is 6.01. The Hall–Kier alpha value is -1.19. The maximum atomic E-state index is 12.3.